The van der Waals surface area contributed by atoms with E-state index in [0.717, 1.165) is 35.4 Å². The molecule has 0 aliphatic carbocycles. The summed E-state index contributed by atoms with van der Waals surface area (Å²) in [5, 5.41) is 8.85. The van der Waals surface area contributed by atoms with Crippen LogP contribution in [0.15, 0.2) is 59.0 Å². The largest absolute Gasteiger partial charge is 0.494 e. The van der Waals surface area contributed by atoms with Crippen molar-refractivity contribution in [3.63, 3.8) is 0 Å². The normalized spacial score (nSPS) is 10.7. The Morgan fingerprint density at radius 3 is 2.73 bits per heavy atom. The van der Waals surface area contributed by atoms with Crippen molar-refractivity contribution in [2.45, 2.75) is 26.2 Å². The number of oxazole rings is 1. The number of benzene rings is 2. The van der Waals surface area contributed by atoms with E-state index in [1.165, 1.54) is 0 Å². The lowest BCUT2D eigenvalue weighted by Gasteiger charge is -2.07. The molecule has 3 rings (SSSR count). The number of carboxylic acid groups (broad SMARTS) is 1. The van der Waals surface area contributed by atoms with Gasteiger partial charge in [-0.1, -0.05) is 30.3 Å². The number of rotatable bonds is 8. The van der Waals surface area contributed by atoms with Gasteiger partial charge in [0.1, 0.15) is 11.5 Å². The summed E-state index contributed by atoms with van der Waals surface area (Å²) in [6, 6.07) is 17.0. The molecule has 1 aromatic heterocycles. The number of aryl methyl sites for hydroxylation is 2. The number of hydrogen-bond acceptors (Lipinski definition) is 4. The lowest BCUT2D eigenvalue weighted by Crippen LogP contribution is -2.02. The molecule has 3 aromatic rings. The predicted molar refractivity (Wildman–Crippen MR) is 98.3 cm³/mol. The average molecular weight is 351 g/mol. The van der Waals surface area contributed by atoms with Crippen molar-refractivity contribution >= 4 is 5.97 Å². The van der Waals surface area contributed by atoms with Gasteiger partial charge < -0.3 is 14.3 Å². The van der Waals surface area contributed by atoms with E-state index in [-0.39, 0.29) is 6.42 Å². The van der Waals surface area contributed by atoms with Crippen LogP contribution in [-0.4, -0.2) is 22.7 Å². The smallest absolute Gasteiger partial charge is 0.307 e. The maximum atomic E-state index is 10.8. The molecule has 0 bridgehead atoms. The number of carboxylic acids is 1. The summed E-state index contributed by atoms with van der Waals surface area (Å²) in [6.45, 7) is 2.45. The first-order valence-corrected chi connectivity index (χ1v) is 8.57. The average Bonchev–Trinajstić information content (AvgIpc) is 3.00. The second kappa shape index (κ2) is 8.34. The summed E-state index contributed by atoms with van der Waals surface area (Å²) in [6.07, 6.45) is 1.55. The molecular weight excluding hydrogens is 330 g/mol. The second-order valence-electron chi connectivity index (χ2n) is 6.06. The van der Waals surface area contributed by atoms with Crippen molar-refractivity contribution in [2.75, 3.05) is 6.61 Å². The Morgan fingerprint density at radius 1 is 1.15 bits per heavy atom. The molecule has 5 heteroatoms. The summed E-state index contributed by atoms with van der Waals surface area (Å²) in [5.74, 6) is 1.30. The summed E-state index contributed by atoms with van der Waals surface area (Å²) in [7, 11) is 0. The Hall–Kier alpha value is -3.08. The highest BCUT2D eigenvalue weighted by molar-refractivity contribution is 5.70. The van der Waals surface area contributed by atoms with Gasteiger partial charge in [-0.15, -0.1) is 0 Å². The Labute approximate surface area is 152 Å². The lowest BCUT2D eigenvalue weighted by atomic mass is 10.1. The molecule has 0 fully saturated rings. The van der Waals surface area contributed by atoms with E-state index in [9.17, 15) is 4.79 Å². The Kier molecular flexibility index (Phi) is 5.69. The molecule has 0 saturated carbocycles. The standard InChI is InChI=1S/C21H21NO4/c1-15-19(22-21(26-15)17-8-3-2-4-9-17)11-6-12-25-18-10-5-7-16(13-18)14-20(23)24/h2-5,7-10,13H,6,11-12,14H2,1H3,(H,23,24). The summed E-state index contributed by atoms with van der Waals surface area (Å²) < 4.78 is 11.5. The van der Waals surface area contributed by atoms with Crippen LogP contribution >= 0.6 is 0 Å². The van der Waals surface area contributed by atoms with Crippen LogP contribution in [0, 0.1) is 6.92 Å². The van der Waals surface area contributed by atoms with Crippen molar-refractivity contribution in [3.8, 4) is 17.2 Å². The van der Waals surface area contributed by atoms with Gasteiger partial charge in [0.25, 0.3) is 0 Å². The monoisotopic (exact) mass is 351 g/mol. The maximum Gasteiger partial charge on any atom is 0.307 e. The maximum absolute atomic E-state index is 10.8. The lowest BCUT2D eigenvalue weighted by molar-refractivity contribution is -0.136. The number of hydrogen-bond donors (Lipinski definition) is 1. The minimum atomic E-state index is -0.849. The molecule has 0 atom stereocenters. The van der Waals surface area contributed by atoms with Crippen LogP contribution in [0.25, 0.3) is 11.5 Å². The van der Waals surface area contributed by atoms with Gasteiger partial charge >= 0.3 is 5.97 Å². The van der Waals surface area contributed by atoms with Gasteiger partial charge in [0.15, 0.2) is 0 Å². The van der Waals surface area contributed by atoms with Gasteiger partial charge in [-0.25, -0.2) is 4.98 Å². The van der Waals surface area contributed by atoms with Crippen LogP contribution < -0.4 is 4.74 Å². The first-order chi connectivity index (χ1) is 12.6. The zero-order valence-corrected chi connectivity index (χ0v) is 14.6. The quantitative estimate of drug-likeness (QED) is 0.613. The summed E-state index contributed by atoms with van der Waals surface area (Å²) in [4.78, 5) is 15.4. The Morgan fingerprint density at radius 2 is 1.96 bits per heavy atom. The van der Waals surface area contributed by atoms with Crippen molar-refractivity contribution in [2.24, 2.45) is 0 Å². The van der Waals surface area contributed by atoms with E-state index in [2.05, 4.69) is 4.98 Å². The van der Waals surface area contributed by atoms with E-state index in [1.807, 2.05) is 49.4 Å². The van der Waals surface area contributed by atoms with Crippen LogP contribution in [0.2, 0.25) is 0 Å². The minimum absolute atomic E-state index is 0.00238. The van der Waals surface area contributed by atoms with E-state index in [0.29, 0.717) is 18.2 Å². The molecule has 0 unspecified atom stereocenters. The molecule has 0 aliphatic rings. The van der Waals surface area contributed by atoms with Crippen LogP contribution in [0.3, 0.4) is 0 Å². The van der Waals surface area contributed by atoms with Crippen molar-refractivity contribution in [1.29, 1.82) is 0 Å². The second-order valence-corrected chi connectivity index (χ2v) is 6.06. The zero-order chi connectivity index (χ0) is 18.4. The third-order valence-corrected chi connectivity index (χ3v) is 3.99. The summed E-state index contributed by atoms with van der Waals surface area (Å²) in [5.41, 5.74) is 2.63. The topological polar surface area (TPSA) is 72.6 Å². The van der Waals surface area contributed by atoms with Gasteiger partial charge in [-0.2, -0.15) is 0 Å². The highest BCUT2D eigenvalue weighted by Crippen LogP contribution is 2.22. The van der Waals surface area contributed by atoms with E-state index in [4.69, 9.17) is 14.3 Å². The number of nitrogens with zero attached hydrogens (tertiary/aromatic N) is 1. The molecule has 2 aromatic carbocycles. The van der Waals surface area contributed by atoms with Crippen LogP contribution in [0.4, 0.5) is 0 Å². The molecular formula is C21H21NO4. The molecule has 0 spiro atoms. The molecule has 0 aliphatic heterocycles. The molecule has 0 radical (unpaired) electrons. The molecule has 5 nitrogen and oxygen atoms in total. The van der Waals surface area contributed by atoms with Gasteiger partial charge in [-0.05, 0) is 49.6 Å². The van der Waals surface area contributed by atoms with Gasteiger partial charge in [-0.3, -0.25) is 4.79 Å². The van der Waals surface area contributed by atoms with Gasteiger partial charge in [0, 0.05) is 5.56 Å². The van der Waals surface area contributed by atoms with Crippen LogP contribution in [-0.2, 0) is 17.6 Å². The first kappa shape index (κ1) is 17.7. The minimum Gasteiger partial charge on any atom is -0.494 e. The van der Waals surface area contributed by atoms with Crippen LogP contribution in [0.1, 0.15) is 23.4 Å². The first-order valence-electron chi connectivity index (χ1n) is 8.57. The molecule has 1 N–H and O–H groups in total. The molecule has 1 heterocycles. The number of aromatic nitrogens is 1. The van der Waals surface area contributed by atoms with Crippen molar-refractivity contribution in [3.05, 3.63) is 71.6 Å². The predicted octanol–water partition coefficient (Wildman–Crippen LogP) is 4.29. The number of aliphatic carboxylic acids is 1. The van der Waals surface area contributed by atoms with Crippen molar-refractivity contribution < 1.29 is 19.1 Å². The molecule has 0 amide bonds. The van der Waals surface area contributed by atoms with E-state index < -0.39 is 5.97 Å². The molecule has 134 valence electrons. The van der Waals surface area contributed by atoms with E-state index in [1.54, 1.807) is 12.1 Å². The fourth-order valence-corrected chi connectivity index (χ4v) is 2.71. The Bertz CT molecular complexity index is 871. The fourth-order valence-electron chi connectivity index (χ4n) is 2.71. The molecule has 26 heavy (non-hydrogen) atoms. The number of ether oxygens (including phenoxy) is 1. The van der Waals surface area contributed by atoms with Crippen molar-refractivity contribution in [1.82, 2.24) is 4.98 Å². The Balaban J connectivity index is 1.53. The van der Waals surface area contributed by atoms with E-state index >= 15 is 0 Å². The zero-order valence-electron chi connectivity index (χ0n) is 14.6. The third kappa shape index (κ3) is 4.72. The fraction of sp³-hybridized carbons (Fsp3) is 0.238. The highest BCUT2D eigenvalue weighted by atomic mass is 16.5. The SMILES string of the molecule is Cc1oc(-c2ccccc2)nc1CCCOc1cccc(CC(=O)O)c1. The van der Waals surface area contributed by atoms with Crippen LogP contribution in [0.5, 0.6) is 5.75 Å². The number of carbonyl (C=O) groups is 1. The van der Waals surface area contributed by atoms with Gasteiger partial charge in [0.2, 0.25) is 5.89 Å². The molecule has 0 saturated heterocycles. The summed E-state index contributed by atoms with van der Waals surface area (Å²) >= 11 is 0. The third-order valence-electron chi connectivity index (χ3n) is 3.99. The van der Waals surface area contributed by atoms with Gasteiger partial charge in [0.05, 0.1) is 18.7 Å². The highest BCUT2D eigenvalue weighted by Gasteiger charge is 2.11.